The summed E-state index contributed by atoms with van der Waals surface area (Å²) in [4.78, 5) is 10.7. The molecule has 0 saturated carbocycles. The van der Waals surface area contributed by atoms with Gasteiger partial charge in [0.25, 0.3) is 0 Å². The second-order valence-electron chi connectivity index (χ2n) is 4.36. The zero-order valence-corrected chi connectivity index (χ0v) is 14.2. The van der Waals surface area contributed by atoms with E-state index in [0.29, 0.717) is 27.4 Å². The van der Waals surface area contributed by atoms with Crippen molar-refractivity contribution in [1.82, 2.24) is 0 Å². The Labute approximate surface area is 148 Å². The fourth-order valence-corrected chi connectivity index (χ4v) is 2.32. The van der Waals surface area contributed by atoms with Gasteiger partial charge in [0.2, 0.25) is 5.24 Å². The van der Waals surface area contributed by atoms with Crippen molar-refractivity contribution in [3.05, 3.63) is 68.7 Å². The highest BCUT2D eigenvalue weighted by atomic mass is 35.5. The maximum atomic E-state index is 10.7. The molecule has 0 spiro atoms. The topological polar surface area (TPSA) is 26.3 Å². The van der Waals surface area contributed by atoms with Gasteiger partial charge in [-0.05, 0) is 53.1 Å². The first kappa shape index (κ1) is 17.2. The Morgan fingerprint density at radius 3 is 2.41 bits per heavy atom. The minimum Gasteiger partial charge on any atom is -0.487 e. The number of benzene rings is 2. The molecule has 2 aromatic rings. The quantitative estimate of drug-likeness (QED) is 0.472. The van der Waals surface area contributed by atoms with Crippen LogP contribution in [0.25, 0.3) is 6.08 Å². The fourth-order valence-electron chi connectivity index (χ4n) is 1.69. The van der Waals surface area contributed by atoms with Crippen LogP contribution in [-0.2, 0) is 11.4 Å². The lowest BCUT2D eigenvalue weighted by Crippen LogP contribution is -1.96. The van der Waals surface area contributed by atoms with E-state index >= 15 is 0 Å². The molecule has 2 aromatic carbocycles. The third-order valence-corrected chi connectivity index (χ3v) is 3.90. The Hall–Kier alpha value is -1.19. The van der Waals surface area contributed by atoms with Crippen LogP contribution in [0.1, 0.15) is 11.1 Å². The number of rotatable bonds is 5. The van der Waals surface area contributed by atoms with E-state index in [9.17, 15) is 4.79 Å². The molecule has 0 amide bonds. The summed E-state index contributed by atoms with van der Waals surface area (Å²) in [6.07, 6.45) is 2.83. The standard InChI is InChI=1S/C16H10Cl4O2/c17-12-4-1-11(8-13(12)18)9-22-15-5-2-10(7-14(15)19)3-6-16(20)21/h1-8H,9H2/b6-3+. The summed E-state index contributed by atoms with van der Waals surface area (Å²) in [5, 5.41) is 0.855. The number of carbonyl (C=O) groups excluding carboxylic acids is 1. The first-order valence-electron chi connectivity index (χ1n) is 6.19. The zero-order chi connectivity index (χ0) is 16.1. The van der Waals surface area contributed by atoms with E-state index in [1.54, 1.807) is 36.4 Å². The Balaban J connectivity index is 2.06. The van der Waals surface area contributed by atoms with Crippen molar-refractivity contribution < 1.29 is 9.53 Å². The average molecular weight is 376 g/mol. The van der Waals surface area contributed by atoms with Crippen LogP contribution in [0.2, 0.25) is 15.1 Å². The van der Waals surface area contributed by atoms with Gasteiger partial charge < -0.3 is 4.74 Å². The molecular weight excluding hydrogens is 366 g/mol. The van der Waals surface area contributed by atoms with Gasteiger partial charge in [0.15, 0.2) is 0 Å². The number of hydrogen-bond acceptors (Lipinski definition) is 2. The maximum absolute atomic E-state index is 10.7. The first-order valence-corrected chi connectivity index (χ1v) is 7.71. The Morgan fingerprint density at radius 2 is 1.77 bits per heavy atom. The van der Waals surface area contributed by atoms with E-state index in [1.165, 1.54) is 6.08 Å². The Bertz CT molecular complexity index is 726. The second-order valence-corrected chi connectivity index (χ2v) is 5.96. The molecule has 6 heteroatoms. The maximum Gasteiger partial charge on any atom is 0.245 e. The summed E-state index contributed by atoms with van der Waals surface area (Å²) in [6.45, 7) is 0.311. The molecule has 0 saturated heterocycles. The molecule has 0 heterocycles. The summed E-state index contributed by atoms with van der Waals surface area (Å²) in [7, 11) is 0. The van der Waals surface area contributed by atoms with Gasteiger partial charge in [-0.3, -0.25) is 4.79 Å². The summed E-state index contributed by atoms with van der Waals surface area (Å²) >= 11 is 23.2. The van der Waals surface area contributed by atoms with Crippen molar-refractivity contribution in [2.75, 3.05) is 0 Å². The Kier molecular flexibility index (Phi) is 6.16. The van der Waals surface area contributed by atoms with Crippen molar-refractivity contribution in [2.45, 2.75) is 6.61 Å². The smallest absolute Gasteiger partial charge is 0.245 e. The molecule has 114 valence electrons. The third kappa shape index (κ3) is 4.92. The largest absolute Gasteiger partial charge is 0.487 e. The molecule has 0 aliphatic rings. The monoisotopic (exact) mass is 374 g/mol. The van der Waals surface area contributed by atoms with Crippen molar-refractivity contribution in [3.8, 4) is 5.75 Å². The van der Waals surface area contributed by atoms with Crippen molar-refractivity contribution >= 4 is 57.7 Å². The normalized spacial score (nSPS) is 10.9. The molecule has 0 radical (unpaired) electrons. The van der Waals surface area contributed by atoms with Gasteiger partial charge in [0.1, 0.15) is 12.4 Å². The second kappa shape index (κ2) is 7.89. The first-order chi connectivity index (χ1) is 10.5. The highest BCUT2D eigenvalue weighted by Gasteiger charge is 2.04. The third-order valence-electron chi connectivity index (χ3n) is 2.74. The van der Waals surface area contributed by atoms with Crippen LogP contribution in [0.5, 0.6) is 5.75 Å². The molecule has 0 unspecified atom stereocenters. The van der Waals surface area contributed by atoms with Gasteiger partial charge >= 0.3 is 0 Å². The van der Waals surface area contributed by atoms with Crippen LogP contribution in [0, 0.1) is 0 Å². The SMILES string of the molecule is O=C(Cl)/C=C/c1ccc(OCc2ccc(Cl)c(Cl)c2)c(Cl)c1. The molecule has 2 rings (SSSR count). The van der Waals surface area contributed by atoms with E-state index in [1.807, 2.05) is 6.07 Å². The molecule has 22 heavy (non-hydrogen) atoms. The summed E-state index contributed by atoms with van der Waals surface area (Å²) in [5.41, 5.74) is 1.63. The van der Waals surface area contributed by atoms with Gasteiger partial charge in [-0.1, -0.05) is 53.0 Å². The minimum atomic E-state index is -0.545. The molecule has 2 nitrogen and oxygen atoms in total. The summed E-state index contributed by atoms with van der Waals surface area (Å²) < 4.78 is 5.65. The molecule has 0 aliphatic carbocycles. The van der Waals surface area contributed by atoms with E-state index in [-0.39, 0.29) is 0 Å². The highest BCUT2D eigenvalue weighted by Crippen LogP contribution is 2.28. The van der Waals surface area contributed by atoms with Crippen LogP contribution in [-0.4, -0.2) is 5.24 Å². The molecular formula is C16H10Cl4O2. The molecule has 0 aromatic heterocycles. The average Bonchev–Trinajstić information content (AvgIpc) is 2.47. The van der Waals surface area contributed by atoms with Gasteiger partial charge in [-0.25, -0.2) is 0 Å². The predicted octanol–water partition coefficient (Wildman–Crippen LogP) is 6.00. The molecule has 0 aliphatic heterocycles. The lowest BCUT2D eigenvalue weighted by molar-refractivity contribution is -0.107. The van der Waals surface area contributed by atoms with E-state index in [2.05, 4.69) is 0 Å². The van der Waals surface area contributed by atoms with Crippen LogP contribution < -0.4 is 4.74 Å². The van der Waals surface area contributed by atoms with Crippen molar-refractivity contribution in [1.29, 1.82) is 0 Å². The molecule has 0 fully saturated rings. The van der Waals surface area contributed by atoms with Crippen LogP contribution in [0.15, 0.2) is 42.5 Å². The minimum absolute atomic E-state index is 0.311. The number of hydrogen-bond donors (Lipinski definition) is 0. The zero-order valence-electron chi connectivity index (χ0n) is 11.2. The lowest BCUT2D eigenvalue weighted by Gasteiger charge is -2.09. The molecule has 0 bridgehead atoms. The van der Waals surface area contributed by atoms with E-state index in [0.717, 1.165) is 11.1 Å². The molecule has 0 N–H and O–H groups in total. The van der Waals surface area contributed by atoms with Crippen LogP contribution in [0.4, 0.5) is 0 Å². The van der Waals surface area contributed by atoms with Gasteiger partial charge in [0, 0.05) is 0 Å². The summed E-state index contributed by atoms with van der Waals surface area (Å²) in [5.74, 6) is 0.530. The number of halogens is 4. The van der Waals surface area contributed by atoms with E-state index in [4.69, 9.17) is 51.1 Å². The molecule has 0 atom stereocenters. The van der Waals surface area contributed by atoms with Gasteiger partial charge in [0.05, 0.1) is 15.1 Å². The Morgan fingerprint density at radius 1 is 1.00 bits per heavy atom. The highest BCUT2D eigenvalue weighted by molar-refractivity contribution is 6.66. The number of carbonyl (C=O) groups is 1. The lowest BCUT2D eigenvalue weighted by atomic mass is 10.2. The van der Waals surface area contributed by atoms with Gasteiger partial charge in [-0.2, -0.15) is 0 Å². The van der Waals surface area contributed by atoms with Gasteiger partial charge in [-0.15, -0.1) is 0 Å². The van der Waals surface area contributed by atoms with Crippen molar-refractivity contribution in [2.24, 2.45) is 0 Å². The number of allylic oxidation sites excluding steroid dienone is 1. The summed E-state index contributed by atoms with van der Waals surface area (Å²) in [6, 6.07) is 10.4. The van der Waals surface area contributed by atoms with E-state index < -0.39 is 5.24 Å². The van der Waals surface area contributed by atoms with Crippen LogP contribution >= 0.6 is 46.4 Å². The van der Waals surface area contributed by atoms with Crippen LogP contribution in [0.3, 0.4) is 0 Å². The number of ether oxygens (including phenoxy) is 1. The predicted molar refractivity (Wildman–Crippen MR) is 92.1 cm³/mol. The fraction of sp³-hybridized carbons (Fsp3) is 0.0625. The van der Waals surface area contributed by atoms with Crippen molar-refractivity contribution in [3.63, 3.8) is 0 Å².